The molecule has 136 valence electrons. The minimum absolute atomic E-state index is 0.149. The van der Waals surface area contributed by atoms with E-state index in [9.17, 15) is 19.2 Å². The zero-order valence-electron chi connectivity index (χ0n) is 14.3. The second-order valence-corrected chi connectivity index (χ2v) is 6.51. The molecule has 4 rings (SSSR count). The first-order valence-corrected chi connectivity index (χ1v) is 8.67. The van der Waals surface area contributed by atoms with Crippen LogP contribution in [0.2, 0.25) is 0 Å². The van der Waals surface area contributed by atoms with Crippen molar-refractivity contribution < 1.29 is 19.2 Å². The fraction of sp³-hybridized carbons (Fsp3) is 0.200. The van der Waals surface area contributed by atoms with E-state index in [2.05, 4.69) is 10.6 Å². The molecule has 4 amide bonds. The Kier molecular flexibility index (Phi) is 4.19. The standard InChI is InChI=1S/C20H17N3O4/c24-16-11-10-15(19(26)21-16)23-17(13-8-4-5-9-14(13)20(23)27)22-18(25)12-6-2-1-3-7-12/h1-9,15,17H,10-11H2,(H,22,25)(H,21,24,26). The van der Waals surface area contributed by atoms with Gasteiger partial charge in [-0.2, -0.15) is 0 Å². The Morgan fingerprint density at radius 1 is 1.00 bits per heavy atom. The van der Waals surface area contributed by atoms with E-state index in [1.807, 2.05) is 0 Å². The number of imide groups is 1. The van der Waals surface area contributed by atoms with E-state index in [-0.39, 0.29) is 30.6 Å². The number of hydrogen-bond acceptors (Lipinski definition) is 4. The zero-order valence-corrected chi connectivity index (χ0v) is 14.3. The lowest BCUT2D eigenvalue weighted by Gasteiger charge is -2.34. The van der Waals surface area contributed by atoms with Gasteiger partial charge in [-0.3, -0.25) is 24.5 Å². The summed E-state index contributed by atoms with van der Waals surface area (Å²) in [6, 6.07) is 14.8. The van der Waals surface area contributed by atoms with Gasteiger partial charge in [-0.15, -0.1) is 0 Å². The van der Waals surface area contributed by atoms with E-state index >= 15 is 0 Å². The van der Waals surface area contributed by atoms with Crippen LogP contribution in [0, 0.1) is 0 Å². The number of amides is 4. The number of carbonyl (C=O) groups is 4. The summed E-state index contributed by atoms with van der Waals surface area (Å²) in [6.45, 7) is 0. The molecule has 7 heteroatoms. The Morgan fingerprint density at radius 3 is 2.44 bits per heavy atom. The van der Waals surface area contributed by atoms with E-state index in [0.29, 0.717) is 16.7 Å². The lowest BCUT2D eigenvalue weighted by Crippen LogP contribution is -2.55. The maximum Gasteiger partial charge on any atom is 0.256 e. The number of nitrogens with one attached hydrogen (secondary N) is 2. The number of benzene rings is 2. The van der Waals surface area contributed by atoms with Gasteiger partial charge in [-0.1, -0.05) is 36.4 Å². The van der Waals surface area contributed by atoms with Gasteiger partial charge in [0.25, 0.3) is 11.8 Å². The van der Waals surface area contributed by atoms with Crippen LogP contribution in [0.25, 0.3) is 0 Å². The molecule has 2 heterocycles. The smallest absolute Gasteiger partial charge is 0.256 e. The predicted octanol–water partition coefficient (Wildman–Crippen LogP) is 1.38. The van der Waals surface area contributed by atoms with Crippen LogP contribution in [0.1, 0.15) is 45.3 Å². The van der Waals surface area contributed by atoms with Crippen LogP contribution in [-0.4, -0.2) is 34.6 Å². The molecule has 27 heavy (non-hydrogen) atoms. The van der Waals surface area contributed by atoms with Gasteiger partial charge >= 0.3 is 0 Å². The number of hydrogen-bond donors (Lipinski definition) is 2. The first-order valence-electron chi connectivity index (χ1n) is 8.67. The SMILES string of the molecule is O=C1CCC(N2C(=O)c3ccccc3C2NC(=O)c2ccccc2)C(=O)N1. The molecule has 2 aliphatic heterocycles. The lowest BCUT2D eigenvalue weighted by atomic mass is 10.0. The molecule has 2 unspecified atom stereocenters. The van der Waals surface area contributed by atoms with Gasteiger partial charge in [0.15, 0.2) is 0 Å². The second kappa shape index (κ2) is 6.68. The molecule has 0 bridgehead atoms. The third kappa shape index (κ3) is 2.97. The fourth-order valence-electron chi connectivity index (χ4n) is 3.55. The molecule has 7 nitrogen and oxygen atoms in total. The Balaban J connectivity index is 1.69. The van der Waals surface area contributed by atoms with Gasteiger partial charge in [0.1, 0.15) is 12.2 Å². The Bertz CT molecular complexity index is 941. The highest BCUT2D eigenvalue weighted by molar-refractivity contribution is 6.06. The van der Waals surface area contributed by atoms with E-state index < -0.39 is 18.1 Å². The van der Waals surface area contributed by atoms with Crippen molar-refractivity contribution in [3.05, 3.63) is 71.3 Å². The number of carbonyl (C=O) groups excluding carboxylic acids is 4. The van der Waals surface area contributed by atoms with Gasteiger partial charge in [0.2, 0.25) is 11.8 Å². The molecule has 1 saturated heterocycles. The molecule has 2 aliphatic rings. The van der Waals surface area contributed by atoms with Crippen molar-refractivity contribution in [2.24, 2.45) is 0 Å². The maximum absolute atomic E-state index is 13.0. The lowest BCUT2D eigenvalue weighted by molar-refractivity contribution is -0.137. The highest BCUT2D eigenvalue weighted by Crippen LogP contribution is 2.35. The minimum Gasteiger partial charge on any atom is -0.328 e. The first-order chi connectivity index (χ1) is 13.1. The third-order valence-corrected chi connectivity index (χ3v) is 4.85. The van der Waals surface area contributed by atoms with Gasteiger partial charge in [-0.05, 0) is 24.6 Å². The highest BCUT2D eigenvalue weighted by Gasteiger charge is 2.45. The summed E-state index contributed by atoms with van der Waals surface area (Å²) in [4.78, 5) is 50.8. The minimum atomic E-state index is -0.816. The average molecular weight is 363 g/mol. The van der Waals surface area contributed by atoms with Crippen molar-refractivity contribution in [2.75, 3.05) is 0 Å². The molecule has 0 spiro atoms. The van der Waals surface area contributed by atoms with Crippen molar-refractivity contribution in [1.82, 2.24) is 15.5 Å². The van der Waals surface area contributed by atoms with Crippen molar-refractivity contribution in [2.45, 2.75) is 25.0 Å². The summed E-state index contributed by atoms with van der Waals surface area (Å²) in [6.07, 6.45) is -0.400. The second-order valence-electron chi connectivity index (χ2n) is 6.51. The summed E-state index contributed by atoms with van der Waals surface area (Å²) < 4.78 is 0. The van der Waals surface area contributed by atoms with Gasteiger partial charge in [0, 0.05) is 23.1 Å². The highest BCUT2D eigenvalue weighted by atomic mass is 16.2. The largest absolute Gasteiger partial charge is 0.328 e. The number of fused-ring (bicyclic) bond motifs is 1. The Hall–Kier alpha value is -3.48. The molecule has 2 atom stereocenters. The fourth-order valence-corrected chi connectivity index (χ4v) is 3.55. The predicted molar refractivity (Wildman–Crippen MR) is 95.4 cm³/mol. The molecule has 0 aromatic heterocycles. The summed E-state index contributed by atoms with van der Waals surface area (Å²) in [5.41, 5.74) is 1.54. The number of rotatable bonds is 3. The monoisotopic (exact) mass is 363 g/mol. The van der Waals surface area contributed by atoms with Gasteiger partial charge in [-0.25, -0.2) is 0 Å². The number of piperidine rings is 1. The summed E-state index contributed by atoms with van der Waals surface area (Å²) >= 11 is 0. The van der Waals surface area contributed by atoms with Crippen LogP contribution < -0.4 is 10.6 Å². The van der Waals surface area contributed by atoms with Crippen molar-refractivity contribution >= 4 is 23.6 Å². The molecular formula is C20H17N3O4. The molecule has 0 radical (unpaired) electrons. The van der Waals surface area contributed by atoms with Crippen molar-refractivity contribution in [3.8, 4) is 0 Å². The summed E-state index contributed by atoms with van der Waals surface area (Å²) in [7, 11) is 0. The van der Waals surface area contributed by atoms with E-state index in [1.165, 1.54) is 4.90 Å². The zero-order chi connectivity index (χ0) is 19.0. The molecule has 2 N–H and O–H groups in total. The van der Waals surface area contributed by atoms with Crippen LogP contribution in [0.15, 0.2) is 54.6 Å². The van der Waals surface area contributed by atoms with Crippen LogP contribution in [0.3, 0.4) is 0 Å². The van der Waals surface area contributed by atoms with Crippen LogP contribution in [0.4, 0.5) is 0 Å². The van der Waals surface area contributed by atoms with Crippen molar-refractivity contribution in [1.29, 1.82) is 0 Å². The van der Waals surface area contributed by atoms with Crippen molar-refractivity contribution in [3.63, 3.8) is 0 Å². The average Bonchev–Trinajstić information content (AvgIpc) is 2.95. The number of nitrogens with zero attached hydrogens (tertiary/aromatic N) is 1. The van der Waals surface area contributed by atoms with Crippen LogP contribution in [0.5, 0.6) is 0 Å². The van der Waals surface area contributed by atoms with E-state index in [1.54, 1.807) is 54.6 Å². The van der Waals surface area contributed by atoms with E-state index in [4.69, 9.17) is 0 Å². The molecule has 2 aromatic rings. The normalized spacial score (nSPS) is 21.6. The molecule has 2 aromatic carbocycles. The topological polar surface area (TPSA) is 95.6 Å². The summed E-state index contributed by atoms with van der Waals surface area (Å²) in [5.74, 6) is -1.56. The Labute approximate surface area is 155 Å². The summed E-state index contributed by atoms with van der Waals surface area (Å²) in [5, 5.41) is 5.14. The molecule has 0 saturated carbocycles. The van der Waals surface area contributed by atoms with Gasteiger partial charge < -0.3 is 10.2 Å². The first kappa shape index (κ1) is 17.0. The molecule has 0 aliphatic carbocycles. The van der Waals surface area contributed by atoms with Gasteiger partial charge in [0.05, 0.1) is 0 Å². The molecular weight excluding hydrogens is 346 g/mol. The van der Waals surface area contributed by atoms with E-state index in [0.717, 1.165) is 0 Å². The quantitative estimate of drug-likeness (QED) is 0.806. The molecule has 1 fully saturated rings. The third-order valence-electron chi connectivity index (χ3n) is 4.85. The van der Waals surface area contributed by atoms with Crippen LogP contribution in [-0.2, 0) is 9.59 Å². The Morgan fingerprint density at radius 2 is 1.70 bits per heavy atom. The van der Waals surface area contributed by atoms with Crippen LogP contribution >= 0.6 is 0 Å². The maximum atomic E-state index is 13.0.